The van der Waals surface area contributed by atoms with Crippen LogP contribution in [0.4, 0.5) is 0 Å². The van der Waals surface area contributed by atoms with E-state index in [0.717, 1.165) is 0 Å². The molecule has 0 unspecified atom stereocenters. The highest BCUT2D eigenvalue weighted by molar-refractivity contribution is 6.84. The zero-order valence-corrected chi connectivity index (χ0v) is 33.4. The van der Waals surface area contributed by atoms with Gasteiger partial charge in [0.25, 0.3) is 0 Å². The first kappa shape index (κ1) is 43.4. The average Bonchev–Trinajstić information content (AvgIpc) is 2.96. The Hall–Kier alpha value is 0.394. The van der Waals surface area contributed by atoms with Crippen molar-refractivity contribution in [3.05, 3.63) is 0 Å². The molecule has 0 heterocycles. The van der Waals surface area contributed by atoms with Crippen LogP contribution in [-0.2, 0) is 4.12 Å². The summed E-state index contributed by atoms with van der Waals surface area (Å²) in [7, 11) is -2.99. The van der Waals surface area contributed by atoms with Gasteiger partial charge in [-0.15, -0.1) is 0 Å². The van der Waals surface area contributed by atoms with Crippen LogP contribution in [0, 0.1) is 0 Å². The van der Waals surface area contributed by atoms with Crippen molar-refractivity contribution in [3.63, 3.8) is 0 Å². The van der Waals surface area contributed by atoms with E-state index in [1.807, 2.05) is 0 Å². The second kappa shape index (κ2) is 32.3. The summed E-state index contributed by atoms with van der Waals surface area (Å²) in [6, 6.07) is 2.82. The van der Waals surface area contributed by atoms with Gasteiger partial charge in [0.2, 0.25) is 0 Å². The molecule has 0 N–H and O–H groups in total. The Morgan fingerprint density at radius 3 is 0.651 bits per heavy atom. The largest absolute Gasteiger partial charge is 0.456 e. The van der Waals surface area contributed by atoms with Crippen LogP contribution in [0.25, 0.3) is 0 Å². The molecule has 0 atom stereocenters. The van der Waals surface area contributed by atoms with Crippen LogP contribution < -0.4 is 0 Å². The summed E-state index contributed by atoms with van der Waals surface area (Å²) in [6.45, 7) is 14.5. The van der Waals surface area contributed by atoms with Crippen molar-refractivity contribution in [2.24, 2.45) is 0 Å². The predicted octanol–water partition coefficient (Wildman–Crippen LogP) is 15.9. The van der Waals surface area contributed by atoms with Crippen molar-refractivity contribution < 1.29 is 4.12 Å². The third-order valence-corrected chi connectivity index (χ3v) is 16.9. The molecule has 0 fully saturated rings. The zero-order chi connectivity index (χ0) is 31.7. The topological polar surface area (TPSA) is 9.23 Å². The molecule has 0 aromatic carbocycles. The first-order valence-electron chi connectivity index (χ1n) is 20.5. The minimum Gasteiger partial charge on any atom is -0.456 e. The van der Waals surface area contributed by atoms with Crippen molar-refractivity contribution in [2.45, 2.75) is 258 Å². The molecule has 0 aliphatic rings. The Bertz CT molecular complexity index is 493. The third-order valence-electron chi connectivity index (χ3n) is 9.67. The van der Waals surface area contributed by atoms with Gasteiger partial charge in [0.1, 0.15) is 0 Å². The zero-order valence-electron chi connectivity index (χ0n) is 31.4. The summed E-state index contributed by atoms with van der Waals surface area (Å²) >= 11 is 0. The Labute approximate surface area is 277 Å². The molecule has 0 aliphatic heterocycles. The van der Waals surface area contributed by atoms with E-state index in [9.17, 15) is 0 Å². The van der Waals surface area contributed by atoms with Gasteiger partial charge in [-0.05, 0) is 38.3 Å². The van der Waals surface area contributed by atoms with E-state index >= 15 is 0 Å². The Morgan fingerprint density at radius 1 is 0.279 bits per heavy atom. The van der Waals surface area contributed by atoms with Gasteiger partial charge in [0.15, 0.2) is 16.6 Å². The number of hydrogen-bond donors (Lipinski definition) is 0. The fraction of sp³-hybridized carbons (Fsp3) is 1.00. The van der Waals surface area contributed by atoms with Gasteiger partial charge >= 0.3 is 0 Å². The molecule has 260 valence electrons. The fourth-order valence-electron chi connectivity index (χ4n) is 7.06. The standard InChI is InChI=1S/C40H86OSi2/c1-7-9-11-13-15-17-19-21-23-25-27-29-31-33-35-37-39-43(6,41-42(3,4)5)40-38-36-34-32-30-28-26-24-22-20-18-16-14-12-10-8-2/h7-40H2,1-6H3. The highest BCUT2D eigenvalue weighted by Crippen LogP contribution is 2.28. The lowest BCUT2D eigenvalue weighted by Gasteiger charge is -2.35. The molecular weight excluding hydrogens is 553 g/mol. The molecule has 0 bridgehead atoms. The molecule has 3 heteroatoms. The monoisotopic (exact) mass is 639 g/mol. The second-order valence-electron chi connectivity index (χ2n) is 15.8. The molecule has 0 spiro atoms. The maximum Gasteiger partial charge on any atom is 0.176 e. The van der Waals surface area contributed by atoms with Crippen LogP contribution in [0.1, 0.15) is 219 Å². The highest BCUT2D eigenvalue weighted by Gasteiger charge is 2.33. The lowest BCUT2D eigenvalue weighted by Crippen LogP contribution is -2.44. The number of unbranched alkanes of at least 4 members (excludes halogenated alkanes) is 30. The molecule has 1 nitrogen and oxygen atoms in total. The Balaban J connectivity index is 3.71. The quantitative estimate of drug-likeness (QED) is 0.0490. The molecule has 0 aromatic rings. The minimum absolute atomic E-state index is 1.37. The van der Waals surface area contributed by atoms with Gasteiger partial charge in [0.05, 0.1) is 0 Å². The van der Waals surface area contributed by atoms with Crippen molar-refractivity contribution in [2.75, 3.05) is 0 Å². The first-order chi connectivity index (χ1) is 20.8. The summed E-state index contributed by atoms with van der Waals surface area (Å²) in [5.74, 6) is 0. The van der Waals surface area contributed by atoms with E-state index in [4.69, 9.17) is 4.12 Å². The van der Waals surface area contributed by atoms with Gasteiger partial charge < -0.3 is 4.12 Å². The predicted molar refractivity (Wildman–Crippen MR) is 205 cm³/mol. The molecular formula is C40H86OSi2. The lowest BCUT2D eigenvalue weighted by molar-refractivity contribution is 0.509. The summed E-state index contributed by atoms with van der Waals surface area (Å²) < 4.78 is 6.95. The Morgan fingerprint density at radius 2 is 0.465 bits per heavy atom. The fourth-order valence-corrected chi connectivity index (χ4v) is 16.0. The first-order valence-corrected chi connectivity index (χ1v) is 26.8. The Kier molecular flexibility index (Phi) is 32.6. The number of rotatable bonds is 36. The summed E-state index contributed by atoms with van der Waals surface area (Å²) in [5.41, 5.74) is 0. The van der Waals surface area contributed by atoms with E-state index in [0.29, 0.717) is 0 Å². The summed E-state index contributed by atoms with van der Waals surface area (Å²) in [6.07, 6.45) is 46.7. The molecule has 0 aliphatic carbocycles. The third kappa shape index (κ3) is 35.1. The SMILES string of the molecule is CCCCCCCCCCCCCCCCCC[Si](C)(CCCCCCCCCCCCCCCCCC)O[Si](C)(C)C. The van der Waals surface area contributed by atoms with Gasteiger partial charge in [-0.3, -0.25) is 0 Å². The highest BCUT2D eigenvalue weighted by atomic mass is 28.4. The number of hydrogen-bond acceptors (Lipinski definition) is 1. The van der Waals surface area contributed by atoms with E-state index in [1.54, 1.807) is 0 Å². The molecule has 0 saturated carbocycles. The van der Waals surface area contributed by atoms with Gasteiger partial charge in [-0.2, -0.15) is 0 Å². The van der Waals surface area contributed by atoms with Crippen molar-refractivity contribution in [3.8, 4) is 0 Å². The molecule has 0 saturated heterocycles. The normalized spacial score (nSPS) is 12.4. The van der Waals surface area contributed by atoms with Crippen LogP contribution in [0.2, 0.25) is 38.3 Å². The minimum atomic E-state index is -1.54. The molecule has 0 aromatic heterocycles. The van der Waals surface area contributed by atoms with Crippen LogP contribution in [0.15, 0.2) is 0 Å². The smallest absolute Gasteiger partial charge is 0.176 e. The maximum absolute atomic E-state index is 6.95. The van der Waals surface area contributed by atoms with Crippen LogP contribution >= 0.6 is 0 Å². The second-order valence-corrected chi connectivity index (χ2v) is 24.7. The summed E-state index contributed by atoms with van der Waals surface area (Å²) in [4.78, 5) is 0. The van der Waals surface area contributed by atoms with Crippen LogP contribution in [-0.4, -0.2) is 16.6 Å². The van der Waals surface area contributed by atoms with Gasteiger partial charge in [-0.1, -0.05) is 219 Å². The summed E-state index contributed by atoms with van der Waals surface area (Å²) in [5, 5.41) is 0. The van der Waals surface area contributed by atoms with E-state index in [-0.39, 0.29) is 0 Å². The molecule has 0 amide bonds. The van der Waals surface area contributed by atoms with Gasteiger partial charge in [-0.25, -0.2) is 0 Å². The van der Waals surface area contributed by atoms with Gasteiger partial charge in [0, 0.05) is 0 Å². The van der Waals surface area contributed by atoms with Crippen molar-refractivity contribution in [1.29, 1.82) is 0 Å². The van der Waals surface area contributed by atoms with Crippen molar-refractivity contribution in [1.82, 2.24) is 0 Å². The van der Waals surface area contributed by atoms with E-state index < -0.39 is 16.6 Å². The maximum atomic E-state index is 6.95. The lowest BCUT2D eigenvalue weighted by atomic mass is 10.0. The van der Waals surface area contributed by atoms with E-state index in [2.05, 4.69) is 40.0 Å². The molecule has 0 rings (SSSR count). The molecule has 0 radical (unpaired) electrons. The van der Waals surface area contributed by atoms with E-state index in [1.165, 1.54) is 218 Å². The van der Waals surface area contributed by atoms with Crippen LogP contribution in [0.3, 0.4) is 0 Å². The average molecular weight is 639 g/mol. The van der Waals surface area contributed by atoms with Crippen molar-refractivity contribution >= 4 is 16.6 Å². The van der Waals surface area contributed by atoms with Crippen LogP contribution in [0.5, 0.6) is 0 Å². The molecule has 43 heavy (non-hydrogen) atoms.